The number of hydrogen-bond donors (Lipinski definition) is 0. The van der Waals surface area contributed by atoms with Crippen LogP contribution in [-0.2, 0) is 16.2 Å². The standard InChI is InChI=1S/C10H16ClNOS/c1-4-10(3,13-5-2)9-12-8(6-11)7-14-9/h7H,4-6H2,1-3H3. The normalized spacial score (nSPS) is 15.4. The summed E-state index contributed by atoms with van der Waals surface area (Å²) in [6, 6.07) is 0. The van der Waals surface area contributed by atoms with Gasteiger partial charge in [0.25, 0.3) is 0 Å². The van der Waals surface area contributed by atoms with Gasteiger partial charge in [-0.25, -0.2) is 4.98 Å². The average Bonchev–Trinajstić information content (AvgIpc) is 2.66. The minimum Gasteiger partial charge on any atom is -0.368 e. The van der Waals surface area contributed by atoms with E-state index in [1.165, 1.54) is 0 Å². The summed E-state index contributed by atoms with van der Waals surface area (Å²) in [6.07, 6.45) is 0.927. The van der Waals surface area contributed by atoms with Gasteiger partial charge in [0.2, 0.25) is 0 Å². The molecule has 2 nitrogen and oxygen atoms in total. The van der Waals surface area contributed by atoms with Crippen molar-refractivity contribution in [1.29, 1.82) is 0 Å². The summed E-state index contributed by atoms with van der Waals surface area (Å²) in [6.45, 7) is 6.90. The monoisotopic (exact) mass is 233 g/mol. The first kappa shape index (κ1) is 12.0. The molecule has 0 spiro atoms. The van der Waals surface area contributed by atoms with Crippen LogP contribution < -0.4 is 0 Å². The molecule has 0 radical (unpaired) electrons. The van der Waals surface area contributed by atoms with Crippen LogP contribution in [0.25, 0.3) is 0 Å². The van der Waals surface area contributed by atoms with Crippen LogP contribution >= 0.6 is 22.9 Å². The Morgan fingerprint density at radius 1 is 1.57 bits per heavy atom. The molecule has 0 saturated heterocycles. The molecular weight excluding hydrogens is 218 g/mol. The molecule has 1 heterocycles. The van der Waals surface area contributed by atoms with Gasteiger partial charge in [0.15, 0.2) is 0 Å². The largest absolute Gasteiger partial charge is 0.368 e. The lowest BCUT2D eigenvalue weighted by atomic mass is 10.0. The molecule has 0 aromatic carbocycles. The van der Waals surface area contributed by atoms with Gasteiger partial charge in [0, 0.05) is 12.0 Å². The van der Waals surface area contributed by atoms with E-state index in [2.05, 4.69) is 18.8 Å². The van der Waals surface area contributed by atoms with Crippen LogP contribution in [-0.4, -0.2) is 11.6 Å². The fourth-order valence-corrected chi connectivity index (χ4v) is 2.48. The third kappa shape index (κ3) is 2.47. The second kappa shape index (κ2) is 5.10. The van der Waals surface area contributed by atoms with Gasteiger partial charge < -0.3 is 4.74 Å². The third-order valence-corrected chi connectivity index (χ3v) is 3.69. The zero-order chi connectivity index (χ0) is 10.6. The molecular formula is C10H16ClNOS. The molecule has 0 aliphatic rings. The lowest BCUT2D eigenvalue weighted by molar-refractivity contribution is -0.0325. The smallest absolute Gasteiger partial charge is 0.125 e. The van der Waals surface area contributed by atoms with E-state index in [0.29, 0.717) is 12.5 Å². The highest BCUT2D eigenvalue weighted by molar-refractivity contribution is 7.09. The molecule has 1 rings (SSSR count). The van der Waals surface area contributed by atoms with Gasteiger partial charge in [-0.05, 0) is 20.3 Å². The maximum absolute atomic E-state index is 5.73. The van der Waals surface area contributed by atoms with Crippen LogP contribution in [0.5, 0.6) is 0 Å². The lowest BCUT2D eigenvalue weighted by Gasteiger charge is -2.25. The lowest BCUT2D eigenvalue weighted by Crippen LogP contribution is -2.24. The second-order valence-corrected chi connectivity index (χ2v) is 4.42. The highest BCUT2D eigenvalue weighted by Gasteiger charge is 2.28. The van der Waals surface area contributed by atoms with Gasteiger partial charge in [-0.15, -0.1) is 22.9 Å². The van der Waals surface area contributed by atoms with Crippen LogP contribution in [0.15, 0.2) is 5.38 Å². The van der Waals surface area contributed by atoms with E-state index >= 15 is 0 Å². The summed E-state index contributed by atoms with van der Waals surface area (Å²) in [4.78, 5) is 4.45. The van der Waals surface area contributed by atoms with Crippen LogP contribution in [0.3, 0.4) is 0 Å². The summed E-state index contributed by atoms with van der Waals surface area (Å²) in [5.41, 5.74) is 0.690. The summed E-state index contributed by atoms with van der Waals surface area (Å²) >= 11 is 7.34. The van der Waals surface area contributed by atoms with E-state index in [1.807, 2.05) is 12.3 Å². The molecule has 1 aromatic rings. The van der Waals surface area contributed by atoms with E-state index in [9.17, 15) is 0 Å². The topological polar surface area (TPSA) is 22.1 Å². The van der Waals surface area contributed by atoms with Crippen molar-refractivity contribution in [3.63, 3.8) is 0 Å². The Hall–Kier alpha value is -0.120. The maximum Gasteiger partial charge on any atom is 0.125 e. The first-order valence-corrected chi connectivity index (χ1v) is 6.22. The Morgan fingerprint density at radius 2 is 2.29 bits per heavy atom. The molecule has 1 unspecified atom stereocenters. The average molecular weight is 234 g/mol. The van der Waals surface area contributed by atoms with Gasteiger partial charge in [-0.2, -0.15) is 0 Å². The number of rotatable bonds is 5. The van der Waals surface area contributed by atoms with E-state index < -0.39 is 0 Å². The SMILES string of the molecule is CCOC(C)(CC)c1nc(CCl)cs1. The van der Waals surface area contributed by atoms with Crippen molar-refractivity contribution in [2.45, 2.75) is 38.7 Å². The Kier molecular flexibility index (Phi) is 4.35. The minimum atomic E-state index is -0.246. The second-order valence-electron chi connectivity index (χ2n) is 3.30. The van der Waals surface area contributed by atoms with Gasteiger partial charge in [-0.3, -0.25) is 0 Å². The fourth-order valence-electron chi connectivity index (χ4n) is 1.24. The van der Waals surface area contributed by atoms with Gasteiger partial charge >= 0.3 is 0 Å². The molecule has 1 atom stereocenters. The molecule has 0 N–H and O–H groups in total. The number of halogens is 1. The number of ether oxygens (including phenoxy) is 1. The molecule has 0 aliphatic heterocycles. The number of alkyl halides is 1. The summed E-state index contributed by atoms with van der Waals surface area (Å²) in [7, 11) is 0. The number of nitrogens with zero attached hydrogens (tertiary/aromatic N) is 1. The van der Waals surface area contributed by atoms with Crippen molar-refractivity contribution in [1.82, 2.24) is 4.98 Å². The molecule has 0 fully saturated rings. The van der Waals surface area contributed by atoms with E-state index in [1.54, 1.807) is 11.3 Å². The molecule has 0 aliphatic carbocycles. The Morgan fingerprint density at radius 3 is 2.71 bits per heavy atom. The number of hydrogen-bond acceptors (Lipinski definition) is 3. The maximum atomic E-state index is 5.73. The molecule has 14 heavy (non-hydrogen) atoms. The van der Waals surface area contributed by atoms with Gasteiger partial charge in [0.05, 0.1) is 11.6 Å². The van der Waals surface area contributed by atoms with Crippen LogP contribution in [0.1, 0.15) is 37.9 Å². The van der Waals surface area contributed by atoms with Crippen molar-refractivity contribution in [2.75, 3.05) is 6.61 Å². The number of aromatic nitrogens is 1. The van der Waals surface area contributed by atoms with E-state index in [0.717, 1.165) is 17.1 Å². The number of thiazole rings is 1. The highest BCUT2D eigenvalue weighted by atomic mass is 35.5. The fraction of sp³-hybridized carbons (Fsp3) is 0.700. The predicted molar refractivity (Wildman–Crippen MR) is 60.9 cm³/mol. The van der Waals surface area contributed by atoms with Crippen molar-refractivity contribution in [3.05, 3.63) is 16.1 Å². The Bertz CT molecular complexity index is 289. The first-order chi connectivity index (χ1) is 6.66. The van der Waals surface area contributed by atoms with Crippen molar-refractivity contribution < 1.29 is 4.74 Å². The Balaban J connectivity index is 2.87. The van der Waals surface area contributed by atoms with Crippen LogP contribution in [0.2, 0.25) is 0 Å². The summed E-state index contributed by atoms with van der Waals surface area (Å²) in [5, 5.41) is 3.02. The van der Waals surface area contributed by atoms with Crippen LogP contribution in [0.4, 0.5) is 0 Å². The quantitative estimate of drug-likeness (QED) is 0.726. The third-order valence-electron chi connectivity index (χ3n) is 2.28. The molecule has 0 saturated carbocycles. The highest BCUT2D eigenvalue weighted by Crippen LogP contribution is 2.31. The van der Waals surface area contributed by atoms with Gasteiger partial charge in [-0.1, -0.05) is 6.92 Å². The minimum absolute atomic E-state index is 0.246. The zero-order valence-corrected chi connectivity index (χ0v) is 10.4. The molecule has 1 aromatic heterocycles. The van der Waals surface area contributed by atoms with Crippen molar-refractivity contribution in [3.8, 4) is 0 Å². The first-order valence-electron chi connectivity index (χ1n) is 4.81. The van der Waals surface area contributed by atoms with Crippen molar-refractivity contribution in [2.24, 2.45) is 0 Å². The van der Waals surface area contributed by atoms with Crippen molar-refractivity contribution >= 4 is 22.9 Å². The van der Waals surface area contributed by atoms with E-state index in [-0.39, 0.29) is 5.60 Å². The molecule has 0 bridgehead atoms. The predicted octanol–water partition coefficient (Wildman–Crippen LogP) is 3.54. The summed E-state index contributed by atoms with van der Waals surface area (Å²) < 4.78 is 5.73. The molecule has 0 amide bonds. The molecule has 4 heteroatoms. The Labute approximate surface area is 94.3 Å². The van der Waals surface area contributed by atoms with Crippen LogP contribution in [0, 0.1) is 0 Å². The van der Waals surface area contributed by atoms with E-state index in [4.69, 9.17) is 16.3 Å². The molecule has 80 valence electrons. The zero-order valence-electron chi connectivity index (χ0n) is 8.84. The summed E-state index contributed by atoms with van der Waals surface area (Å²) in [5.74, 6) is 0.475. The van der Waals surface area contributed by atoms with Gasteiger partial charge in [0.1, 0.15) is 10.6 Å².